The Morgan fingerprint density at radius 1 is 1.00 bits per heavy atom. The number of hydrogen-bond donors (Lipinski definition) is 1. The lowest BCUT2D eigenvalue weighted by Gasteiger charge is -2.33. The Hall–Kier alpha value is -1.80. The molecule has 1 unspecified atom stereocenters. The van der Waals surface area contributed by atoms with Crippen LogP contribution in [0.2, 0.25) is 0 Å². The summed E-state index contributed by atoms with van der Waals surface area (Å²) in [4.78, 5) is 0. The van der Waals surface area contributed by atoms with Gasteiger partial charge in [0.15, 0.2) is 0 Å². The smallest absolute Gasteiger partial charge is 0.122 e. The fraction of sp³-hybridized carbons (Fsp3) is 0.368. The summed E-state index contributed by atoms with van der Waals surface area (Å²) < 4.78 is 5.77. The van der Waals surface area contributed by atoms with E-state index in [9.17, 15) is 0 Å². The Morgan fingerprint density at radius 3 is 2.43 bits per heavy atom. The molecule has 2 aromatic carbocycles. The molecule has 0 spiro atoms. The standard InChI is InChI=1S/C19H21NO/c20-19(11-14-5-1-2-6-15(14)12-19)13-16-9-10-21-18-8-4-3-7-17(16)18/h1-8,16H,9-13,20H2. The van der Waals surface area contributed by atoms with Gasteiger partial charge in [-0.1, -0.05) is 42.5 Å². The van der Waals surface area contributed by atoms with Crippen molar-refractivity contribution in [2.75, 3.05) is 6.61 Å². The summed E-state index contributed by atoms with van der Waals surface area (Å²) in [6.45, 7) is 0.810. The molecule has 2 heteroatoms. The van der Waals surface area contributed by atoms with Crippen molar-refractivity contribution in [2.24, 2.45) is 5.73 Å². The number of ether oxygens (including phenoxy) is 1. The van der Waals surface area contributed by atoms with Gasteiger partial charge in [0.1, 0.15) is 5.75 Å². The number of nitrogens with two attached hydrogens (primary N) is 1. The van der Waals surface area contributed by atoms with Gasteiger partial charge in [0.05, 0.1) is 6.61 Å². The molecule has 1 atom stereocenters. The van der Waals surface area contributed by atoms with E-state index in [-0.39, 0.29) is 5.54 Å². The fourth-order valence-electron chi connectivity index (χ4n) is 3.99. The second-order valence-corrected chi connectivity index (χ2v) is 6.56. The van der Waals surface area contributed by atoms with Crippen LogP contribution >= 0.6 is 0 Å². The Bertz CT molecular complexity index is 639. The molecule has 0 saturated heterocycles. The van der Waals surface area contributed by atoms with Gasteiger partial charge in [0, 0.05) is 5.54 Å². The number of hydrogen-bond acceptors (Lipinski definition) is 2. The first kappa shape index (κ1) is 12.9. The van der Waals surface area contributed by atoms with Crippen LogP contribution < -0.4 is 10.5 Å². The van der Waals surface area contributed by atoms with Gasteiger partial charge in [-0.3, -0.25) is 0 Å². The van der Waals surface area contributed by atoms with Crippen molar-refractivity contribution in [1.82, 2.24) is 0 Å². The van der Waals surface area contributed by atoms with Crippen LogP contribution in [0.5, 0.6) is 5.75 Å². The van der Waals surface area contributed by atoms with Gasteiger partial charge in [-0.15, -0.1) is 0 Å². The molecule has 0 fully saturated rings. The molecule has 1 aliphatic heterocycles. The van der Waals surface area contributed by atoms with Crippen molar-refractivity contribution in [3.8, 4) is 5.75 Å². The first-order chi connectivity index (χ1) is 10.2. The highest BCUT2D eigenvalue weighted by atomic mass is 16.5. The van der Waals surface area contributed by atoms with E-state index in [4.69, 9.17) is 10.5 Å². The lowest BCUT2D eigenvalue weighted by atomic mass is 9.80. The van der Waals surface area contributed by atoms with E-state index in [0.717, 1.165) is 38.0 Å². The number of para-hydroxylation sites is 1. The van der Waals surface area contributed by atoms with E-state index in [1.54, 1.807) is 0 Å². The minimum absolute atomic E-state index is 0.0984. The average molecular weight is 279 g/mol. The van der Waals surface area contributed by atoms with Gasteiger partial charge in [0.2, 0.25) is 0 Å². The lowest BCUT2D eigenvalue weighted by Crippen LogP contribution is -2.42. The topological polar surface area (TPSA) is 35.2 Å². The van der Waals surface area contributed by atoms with Gasteiger partial charge in [-0.05, 0) is 54.4 Å². The highest BCUT2D eigenvalue weighted by Gasteiger charge is 2.37. The molecule has 2 aromatic rings. The molecule has 0 radical (unpaired) electrons. The van der Waals surface area contributed by atoms with E-state index in [1.807, 2.05) is 6.07 Å². The summed E-state index contributed by atoms with van der Waals surface area (Å²) in [5.41, 5.74) is 10.9. The lowest BCUT2D eigenvalue weighted by molar-refractivity contribution is 0.244. The van der Waals surface area contributed by atoms with E-state index in [0.29, 0.717) is 5.92 Å². The molecule has 4 rings (SSSR count). The third-order valence-electron chi connectivity index (χ3n) is 4.94. The van der Waals surface area contributed by atoms with E-state index >= 15 is 0 Å². The van der Waals surface area contributed by atoms with Crippen LogP contribution in [-0.4, -0.2) is 12.1 Å². The monoisotopic (exact) mass is 279 g/mol. The van der Waals surface area contributed by atoms with Gasteiger partial charge < -0.3 is 10.5 Å². The predicted molar refractivity (Wildman–Crippen MR) is 84.7 cm³/mol. The molecule has 1 aliphatic carbocycles. The molecule has 2 aliphatic rings. The van der Waals surface area contributed by atoms with E-state index in [2.05, 4.69) is 42.5 Å². The zero-order chi connectivity index (χ0) is 14.3. The minimum atomic E-state index is -0.0984. The maximum atomic E-state index is 6.76. The van der Waals surface area contributed by atoms with Crippen LogP contribution in [0.15, 0.2) is 48.5 Å². The van der Waals surface area contributed by atoms with Gasteiger partial charge in [-0.25, -0.2) is 0 Å². The van der Waals surface area contributed by atoms with Crippen LogP contribution in [0.1, 0.15) is 35.4 Å². The first-order valence-corrected chi connectivity index (χ1v) is 7.81. The molecule has 2 nitrogen and oxygen atoms in total. The summed E-state index contributed by atoms with van der Waals surface area (Å²) in [5, 5.41) is 0. The maximum Gasteiger partial charge on any atom is 0.122 e. The summed E-state index contributed by atoms with van der Waals surface area (Å²) in [6.07, 6.45) is 4.12. The van der Waals surface area contributed by atoms with Crippen molar-refractivity contribution < 1.29 is 4.74 Å². The van der Waals surface area contributed by atoms with Gasteiger partial charge in [0.25, 0.3) is 0 Å². The Balaban J connectivity index is 1.58. The highest BCUT2D eigenvalue weighted by Crippen LogP contribution is 2.41. The SMILES string of the molecule is NC1(CC2CCOc3ccccc32)Cc2ccccc2C1. The second-order valence-electron chi connectivity index (χ2n) is 6.56. The maximum absolute atomic E-state index is 6.76. The molecule has 21 heavy (non-hydrogen) atoms. The molecule has 0 amide bonds. The molecular formula is C19H21NO. The Morgan fingerprint density at radius 2 is 1.67 bits per heavy atom. The van der Waals surface area contributed by atoms with Crippen molar-refractivity contribution in [2.45, 2.75) is 37.1 Å². The van der Waals surface area contributed by atoms with Crippen LogP contribution in [0.25, 0.3) is 0 Å². The van der Waals surface area contributed by atoms with Crippen LogP contribution in [0.4, 0.5) is 0 Å². The van der Waals surface area contributed by atoms with E-state index in [1.165, 1.54) is 16.7 Å². The third kappa shape index (κ3) is 2.34. The zero-order valence-corrected chi connectivity index (χ0v) is 12.2. The molecular weight excluding hydrogens is 258 g/mol. The number of fused-ring (bicyclic) bond motifs is 2. The van der Waals surface area contributed by atoms with Crippen molar-refractivity contribution in [1.29, 1.82) is 0 Å². The number of benzene rings is 2. The predicted octanol–water partition coefficient (Wildman–Crippen LogP) is 3.44. The summed E-state index contributed by atoms with van der Waals surface area (Å²) in [5.74, 6) is 1.57. The molecule has 0 bridgehead atoms. The van der Waals surface area contributed by atoms with Crippen LogP contribution in [0.3, 0.4) is 0 Å². The van der Waals surface area contributed by atoms with Crippen molar-refractivity contribution in [3.63, 3.8) is 0 Å². The molecule has 2 N–H and O–H groups in total. The molecule has 0 aromatic heterocycles. The first-order valence-electron chi connectivity index (χ1n) is 7.81. The van der Waals surface area contributed by atoms with Crippen molar-refractivity contribution >= 4 is 0 Å². The normalized spacial score (nSPS) is 22.2. The summed E-state index contributed by atoms with van der Waals surface area (Å²) in [6, 6.07) is 17.1. The molecule has 1 heterocycles. The summed E-state index contributed by atoms with van der Waals surface area (Å²) >= 11 is 0. The Kier molecular flexibility index (Phi) is 3.00. The third-order valence-corrected chi connectivity index (χ3v) is 4.94. The van der Waals surface area contributed by atoms with Crippen LogP contribution in [-0.2, 0) is 12.8 Å². The number of rotatable bonds is 2. The molecule has 108 valence electrons. The quantitative estimate of drug-likeness (QED) is 0.914. The van der Waals surface area contributed by atoms with Gasteiger partial charge in [-0.2, -0.15) is 0 Å². The fourth-order valence-corrected chi connectivity index (χ4v) is 3.99. The highest BCUT2D eigenvalue weighted by molar-refractivity contribution is 5.40. The van der Waals surface area contributed by atoms with Crippen LogP contribution in [0, 0.1) is 0 Å². The van der Waals surface area contributed by atoms with Crippen molar-refractivity contribution in [3.05, 3.63) is 65.2 Å². The van der Waals surface area contributed by atoms with E-state index < -0.39 is 0 Å². The Labute approximate surface area is 125 Å². The minimum Gasteiger partial charge on any atom is -0.493 e. The second kappa shape index (κ2) is 4.88. The zero-order valence-electron chi connectivity index (χ0n) is 12.2. The average Bonchev–Trinajstić information content (AvgIpc) is 2.83. The summed E-state index contributed by atoms with van der Waals surface area (Å²) in [7, 11) is 0. The van der Waals surface area contributed by atoms with Gasteiger partial charge >= 0.3 is 0 Å². The molecule has 0 saturated carbocycles. The largest absolute Gasteiger partial charge is 0.493 e.